The van der Waals surface area contributed by atoms with E-state index < -0.39 is 0 Å². The van der Waals surface area contributed by atoms with Gasteiger partial charge in [-0.15, -0.1) is 0 Å². The van der Waals surface area contributed by atoms with Crippen molar-refractivity contribution in [3.05, 3.63) is 23.8 Å². The molecule has 1 aromatic heterocycles. The molecule has 0 amide bonds. The number of nitrogens with zero attached hydrogens (tertiary/aromatic N) is 1. The van der Waals surface area contributed by atoms with Crippen LogP contribution in [0.5, 0.6) is 0 Å². The van der Waals surface area contributed by atoms with Gasteiger partial charge in [-0.2, -0.15) is 0 Å². The Morgan fingerprint density at radius 3 is 2.84 bits per heavy atom. The third kappa shape index (κ3) is 3.51. The molecule has 0 bridgehead atoms. The van der Waals surface area contributed by atoms with Crippen molar-refractivity contribution in [3.8, 4) is 0 Å². The largest absolute Gasteiger partial charge is 0.333 e. The monoisotopic (exact) mass is 277 g/mol. The van der Waals surface area contributed by atoms with Crippen molar-refractivity contribution in [2.45, 2.75) is 56.5 Å². The van der Waals surface area contributed by atoms with Gasteiger partial charge < -0.3 is 10.7 Å². The van der Waals surface area contributed by atoms with E-state index in [0.29, 0.717) is 5.25 Å². The van der Waals surface area contributed by atoms with E-state index in [4.69, 9.17) is 5.73 Å². The lowest BCUT2D eigenvalue weighted by Gasteiger charge is -2.20. The predicted molar refractivity (Wildman–Crippen MR) is 83.7 cm³/mol. The van der Waals surface area contributed by atoms with Gasteiger partial charge in [0.15, 0.2) is 5.16 Å². The molecule has 3 nitrogen and oxygen atoms in total. The molecule has 0 aliphatic rings. The predicted octanol–water partition coefficient (Wildman–Crippen LogP) is 3.87. The maximum atomic E-state index is 6.24. The lowest BCUT2D eigenvalue weighted by molar-refractivity contribution is 0.566. The average molecular weight is 277 g/mol. The molecule has 0 saturated heterocycles. The topological polar surface area (TPSA) is 54.7 Å². The summed E-state index contributed by atoms with van der Waals surface area (Å²) >= 11 is 1.78. The second-order valence-corrected chi connectivity index (χ2v) is 6.31. The van der Waals surface area contributed by atoms with Gasteiger partial charge in [0.1, 0.15) is 0 Å². The van der Waals surface area contributed by atoms with Crippen molar-refractivity contribution in [2.75, 3.05) is 0 Å². The first-order valence-electron chi connectivity index (χ1n) is 7.02. The lowest BCUT2D eigenvalue weighted by atomic mass is 10.1. The summed E-state index contributed by atoms with van der Waals surface area (Å²) in [7, 11) is 0. The summed E-state index contributed by atoms with van der Waals surface area (Å²) in [6.45, 7) is 6.47. The molecular formula is C15H23N3S. The smallest absolute Gasteiger partial charge is 0.166 e. The Hall–Kier alpha value is -1.00. The average Bonchev–Trinajstić information content (AvgIpc) is 2.77. The summed E-state index contributed by atoms with van der Waals surface area (Å²) < 4.78 is 0. The van der Waals surface area contributed by atoms with Gasteiger partial charge in [0, 0.05) is 11.3 Å². The minimum absolute atomic E-state index is 0.245. The first-order valence-corrected chi connectivity index (χ1v) is 7.90. The molecule has 2 unspecified atom stereocenters. The van der Waals surface area contributed by atoms with Crippen molar-refractivity contribution in [2.24, 2.45) is 5.73 Å². The minimum atomic E-state index is 0.245. The number of H-pyrrole nitrogens is 1. The zero-order valence-corrected chi connectivity index (χ0v) is 12.8. The molecule has 0 saturated carbocycles. The quantitative estimate of drug-likeness (QED) is 0.788. The number of hydrogen-bond donors (Lipinski definition) is 2. The van der Waals surface area contributed by atoms with E-state index in [2.05, 4.69) is 48.9 Å². The number of imidazole rings is 1. The summed E-state index contributed by atoms with van der Waals surface area (Å²) in [5, 5.41) is 1.42. The molecule has 0 aliphatic heterocycles. The van der Waals surface area contributed by atoms with Crippen molar-refractivity contribution < 1.29 is 0 Å². The summed E-state index contributed by atoms with van der Waals surface area (Å²) in [6.07, 6.45) is 3.28. The van der Waals surface area contributed by atoms with Crippen LogP contribution in [0.1, 0.15) is 38.7 Å². The highest BCUT2D eigenvalue weighted by Crippen LogP contribution is 2.28. The lowest BCUT2D eigenvalue weighted by Crippen LogP contribution is -2.31. The van der Waals surface area contributed by atoms with Gasteiger partial charge >= 0.3 is 0 Å². The van der Waals surface area contributed by atoms with Crippen LogP contribution in [0.4, 0.5) is 0 Å². The Balaban J connectivity index is 2.15. The number of aromatic amines is 1. The molecule has 0 spiro atoms. The molecule has 2 atom stereocenters. The zero-order valence-electron chi connectivity index (χ0n) is 11.9. The molecule has 0 radical (unpaired) electrons. The molecule has 0 fully saturated rings. The van der Waals surface area contributed by atoms with Gasteiger partial charge in [-0.05, 0) is 37.5 Å². The number of hydrogen-bond acceptors (Lipinski definition) is 3. The summed E-state index contributed by atoms with van der Waals surface area (Å²) in [4.78, 5) is 8.03. The van der Waals surface area contributed by atoms with Crippen LogP contribution in [-0.4, -0.2) is 21.3 Å². The number of fused-ring (bicyclic) bond motifs is 1. The normalized spacial score (nSPS) is 14.7. The van der Waals surface area contributed by atoms with E-state index in [1.807, 2.05) is 0 Å². The third-order valence-electron chi connectivity index (χ3n) is 3.38. The van der Waals surface area contributed by atoms with E-state index >= 15 is 0 Å². The number of nitrogens with two attached hydrogens (primary N) is 1. The van der Waals surface area contributed by atoms with Crippen molar-refractivity contribution in [3.63, 3.8) is 0 Å². The van der Waals surface area contributed by atoms with Crippen LogP contribution in [0.3, 0.4) is 0 Å². The van der Waals surface area contributed by atoms with E-state index in [-0.39, 0.29) is 6.04 Å². The van der Waals surface area contributed by atoms with E-state index in [1.165, 1.54) is 5.56 Å². The van der Waals surface area contributed by atoms with Crippen LogP contribution in [-0.2, 0) is 0 Å². The summed E-state index contributed by atoms with van der Waals surface area (Å²) in [5.74, 6) is 0. The Morgan fingerprint density at radius 1 is 1.37 bits per heavy atom. The first-order chi connectivity index (χ1) is 9.13. The Bertz CT molecular complexity index is 535. The van der Waals surface area contributed by atoms with E-state index in [0.717, 1.165) is 35.5 Å². The Kier molecular flexibility index (Phi) is 4.88. The second-order valence-electron chi connectivity index (χ2n) is 5.08. The van der Waals surface area contributed by atoms with Gasteiger partial charge in [0.2, 0.25) is 0 Å². The Labute approximate surface area is 119 Å². The molecule has 104 valence electrons. The number of aryl methyl sites for hydroxylation is 1. The number of rotatable bonds is 6. The first kappa shape index (κ1) is 14.4. The highest BCUT2D eigenvalue weighted by atomic mass is 32.2. The van der Waals surface area contributed by atoms with E-state index in [1.54, 1.807) is 11.8 Å². The van der Waals surface area contributed by atoms with Crippen molar-refractivity contribution in [1.82, 2.24) is 9.97 Å². The molecule has 2 rings (SSSR count). The Morgan fingerprint density at radius 2 is 2.16 bits per heavy atom. The van der Waals surface area contributed by atoms with Crippen LogP contribution >= 0.6 is 11.8 Å². The number of thioether (sulfide) groups is 1. The van der Waals surface area contributed by atoms with Crippen molar-refractivity contribution >= 4 is 22.8 Å². The van der Waals surface area contributed by atoms with Gasteiger partial charge in [-0.1, -0.05) is 38.1 Å². The minimum Gasteiger partial charge on any atom is -0.333 e. The summed E-state index contributed by atoms with van der Waals surface area (Å²) in [5.41, 5.74) is 9.64. The van der Waals surface area contributed by atoms with Gasteiger partial charge in [0.05, 0.1) is 11.0 Å². The fourth-order valence-electron chi connectivity index (χ4n) is 2.29. The maximum Gasteiger partial charge on any atom is 0.166 e. The second kappa shape index (κ2) is 6.44. The van der Waals surface area contributed by atoms with Crippen LogP contribution in [0, 0.1) is 6.92 Å². The standard InChI is InChI=1S/C15H23N3S/c1-4-6-11(16)14(5-2)19-15-17-12-8-7-10(3)9-13(12)18-15/h7-9,11,14H,4-6,16H2,1-3H3,(H,17,18). The zero-order chi connectivity index (χ0) is 13.8. The molecule has 1 aromatic carbocycles. The maximum absolute atomic E-state index is 6.24. The number of aromatic nitrogens is 2. The number of nitrogens with one attached hydrogen (secondary N) is 1. The van der Waals surface area contributed by atoms with Crippen LogP contribution in [0.2, 0.25) is 0 Å². The van der Waals surface area contributed by atoms with Crippen LogP contribution < -0.4 is 5.73 Å². The van der Waals surface area contributed by atoms with Crippen molar-refractivity contribution in [1.29, 1.82) is 0 Å². The number of benzene rings is 1. The van der Waals surface area contributed by atoms with Gasteiger partial charge in [-0.25, -0.2) is 4.98 Å². The van der Waals surface area contributed by atoms with Gasteiger partial charge in [-0.3, -0.25) is 0 Å². The van der Waals surface area contributed by atoms with Crippen LogP contribution in [0.15, 0.2) is 23.4 Å². The van der Waals surface area contributed by atoms with Gasteiger partial charge in [0.25, 0.3) is 0 Å². The fourth-order valence-corrected chi connectivity index (χ4v) is 3.38. The molecule has 2 aromatic rings. The molecule has 1 heterocycles. The fraction of sp³-hybridized carbons (Fsp3) is 0.533. The molecule has 0 aliphatic carbocycles. The molecule has 4 heteroatoms. The van der Waals surface area contributed by atoms with E-state index in [9.17, 15) is 0 Å². The molecule has 19 heavy (non-hydrogen) atoms. The molecular weight excluding hydrogens is 254 g/mol. The van der Waals surface area contributed by atoms with Crippen LogP contribution in [0.25, 0.3) is 11.0 Å². The summed E-state index contributed by atoms with van der Waals surface area (Å²) in [6, 6.07) is 6.55. The molecule has 3 N–H and O–H groups in total. The SMILES string of the molecule is CCCC(N)C(CC)Sc1nc2ccc(C)cc2[nH]1. The third-order valence-corrected chi connectivity index (χ3v) is 4.78. The highest BCUT2D eigenvalue weighted by Gasteiger charge is 2.18. The highest BCUT2D eigenvalue weighted by molar-refractivity contribution is 7.99.